The molecule has 0 bridgehead atoms. The number of halogens is 1. The number of nitrogens with two attached hydrogens (primary N) is 1. The quantitative estimate of drug-likeness (QED) is 0.910. The molecule has 19 heavy (non-hydrogen) atoms. The van der Waals surface area contributed by atoms with Crippen molar-refractivity contribution in [2.75, 3.05) is 0 Å². The molecule has 3 nitrogen and oxygen atoms in total. The van der Waals surface area contributed by atoms with Crippen LogP contribution >= 0.6 is 27.7 Å². The number of aryl methyl sites for hydroxylation is 2. The van der Waals surface area contributed by atoms with Crippen LogP contribution in [0.4, 0.5) is 0 Å². The highest BCUT2D eigenvalue weighted by Crippen LogP contribution is 2.33. The summed E-state index contributed by atoms with van der Waals surface area (Å²) in [4.78, 5) is 5.54. The third kappa shape index (κ3) is 3.84. The Hall–Kier alpha value is -0.780. The Morgan fingerprint density at radius 3 is 2.74 bits per heavy atom. The van der Waals surface area contributed by atoms with Crippen LogP contribution < -0.4 is 5.73 Å². The van der Waals surface area contributed by atoms with Crippen molar-refractivity contribution in [3.8, 4) is 0 Å². The molecule has 1 heterocycles. The lowest BCUT2D eigenvalue weighted by atomic mass is 10.1. The highest BCUT2D eigenvalue weighted by molar-refractivity contribution is 9.10. The molecule has 0 aliphatic rings. The molecule has 0 saturated carbocycles. The van der Waals surface area contributed by atoms with Crippen LogP contribution in [-0.4, -0.2) is 11.0 Å². The molecule has 1 aromatic heterocycles. The smallest absolute Gasteiger partial charge is 0.261 e. The maximum atomic E-state index is 5.89. The molecule has 0 aliphatic heterocycles. The van der Waals surface area contributed by atoms with Crippen LogP contribution in [0.1, 0.15) is 23.9 Å². The van der Waals surface area contributed by atoms with E-state index in [0.717, 1.165) is 27.2 Å². The van der Waals surface area contributed by atoms with Gasteiger partial charge < -0.3 is 10.2 Å². The maximum absolute atomic E-state index is 5.89. The summed E-state index contributed by atoms with van der Waals surface area (Å²) in [6.07, 6.45) is 0.842. The number of oxazole rings is 1. The molecule has 2 aromatic rings. The summed E-state index contributed by atoms with van der Waals surface area (Å²) in [5, 5.41) is 0.680. The highest BCUT2D eigenvalue weighted by atomic mass is 79.9. The average Bonchev–Trinajstić information content (AvgIpc) is 2.61. The summed E-state index contributed by atoms with van der Waals surface area (Å²) in [7, 11) is 0. The molecule has 1 unspecified atom stereocenters. The van der Waals surface area contributed by atoms with E-state index < -0.39 is 0 Å². The fraction of sp³-hybridized carbons (Fsp3) is 0.357. The van der Waals surface area contributed by atoms with Gasteiger partial charge in [0.05, 0.1) is 5.69 Å². The summed E-state index contributed by atoms with van der Waals surface area (Å²) in [5.74, 6) is 0.867. The Labute approximate surface area is 126 Å². The summed E-state index contributed by atoms with van der Waals surface area (Å²) >= 11 is 5.04. The van der Waals surface area contributed by atoms with E-state index in [9.17, 15) is 0 Å². The minimum Gasteiger partial charge on any atom is -0.436 e. The number of nitrogens with zero attached hydrogens (tertiary/aromatic N) is 1. The van der Waals surface area contributed by atoms with E-state index in [0.29, 0.717) is 5.22 Å². The minimum absolute atomic E-state index is 0.133. The maximum Gasteiger partial charge on any atom is 0.261 e. The predicted molar refractivity (Wildman–Crippen MR) is 81.6 cm³/mol. The van der Waals surface area contributed by atoms with E-state index >= 15 is 0 Å². The van der Waals surface area contributed by atoms with Crippen molar-refractivity contribution < 1.29 is 4.42 Å². The Kier molecular flexibility index (Phi) is 4.71. The highest BCUT2D eigenvalue weighted by Gasteiger charge is 2.12. The number of hydrogen-bond acceptors (Lipinski definition) is 4. The molecule has 2 rings (SSSR count). The van der Waals surface area contributed by atoms with E-state index in [1.165, 1.54) is 5.56 Å². The van der Waals surface area contributed by atoms with Crippen molar-refractivity contribution in [2.45, 2.75) is 43.4 Å². The minimum atomic E-state index is 0.133. The zero-order chi connectivity index (χ0) is 14.0. The fourth-order valence-electron chi connectivity index (χ4n) is 1.72. The first-order valence-electron chi connectivity index (χ1n) is 6.11. The van der Waals surface area contributed by atoms with Crippen molar-refractivity contribution in [1.29, 1.82) is 0 Å². The Bertz CT molecular complexity index is 561. The van der Waals surface area contributed by atoms with Gasteiger partial charge in [-0.25, -0.2) is 4.98 Å². The van der Waals surface area contributed by atoms with E-state index in [1.54, 1.807) is 11.8 Å². The Balaban J connectivity index is 2.29. The first kappa shape index (κ1) is 14.6. The topological polar surface area (TPSA) is 52.0 Å². The van der Waals surface area contributed by atoms with Gasteiger partial charge in [0, 0.05) is 15.4 Å². The van der Waals surface area contributed by atoms with Crippen LogP contribution in [-0.2, 0) is 6.42 Å². The lowest BCUT2D eigenvalue weighted by Crippen LogP contribution is -2.18. The van der Waals surface area contributed by atoms with Gasteiger partial charge in [0.25, 0.3) is 5.22 Å². The van der Waals surface area contributed by atoms with Crippen LogP contribution in [0.3, 0.4) is 0 Å². The fourth-order valence-corrected chi connectivity index (χ4v) is 3.24. The van der Waals surface area contributed by atoms with Crippen LogP contribution in [0.2, 0.25) is 0 Å². The number of rotatable bonds is 4. The molecule has 102 valence electrons. The van der Waals surface area contributed by atoms with Gasteiger partial charge in [-0.15, -0.1) is 0 Å². The first-order valence-corrected chi connectivity index (χ1v) is 7.72. The second kappa shape index (κ2) is 6.11. The molecule has 0 saturated heterocycles. The van der Waals surface area contributed by atoms with Gasteiger partial charge in [-0.05, 0) is 56.7 Å². The average molecular weight is 341 g/mol. The predicted octanol–water partition coefficient (Wildman–Crippen LogP) is 4.09. The molecule has 2 N–H and O–H groups in total. The van der Waals surface area contributed by atoms with Crippen LogP contribution in [0.15, 0.2) is 37.2 Å². The molecule has 1 aromatic carbocycles. The zero-order valence-electron chi connectivity index (χ0n) is 11.2. The van der Waals surface area contributed by atoms with Crippen molar-refractivity contribution in [1.82, 2.24) is 4.98 Å². The zero-order valence-corrected chi connectivity index (χ0v) is 13.6. The molecule has 0 amide bonds. The third-order valence-electron chi connectivity index (χ3n) is 2.78. The first-order chi connectivity index (χ1) is 8.95. The SMILES string of the molecule is Cc1nc(Sc2cc(Br)ccc2CC(C)N)oc1C. The van der Waals surface area contributed by atoms with Crippen LogP contribution in [0.5, 0.6) is 0 Å². The number of aromatic nitrogens is 1. The lowest BCUT2D eigenvalue weighted by Gasteiger charge is -2.10. The standard InChI is InChI=1S/C14H17BrN2OS/c1-8(16)6-11-4-5-12(15)7-13(11)19-14-17-9(2)10(3)18-14/h4-5,7-8H,6,16H2,1-3H3. The van der Waals surface area contributed by atoms with Gasteiger partial charge in [-0.1, -0.05) is 22.0 Å². The molecule has 1 atom stereocenters. The van der Waals surface area contributed by atoms with Crippen molar-refractivity contribution in [3.05, 3.63) is 39.7 Å². The van der Waals surface area contributed by atoms with Gasteiger partial charge >= 0.3 is 0 Å². The monoisotopic (exact) mass is 340 g/mol. The third-order valence-corrected chi connectivity index (χ3v) is 4.22. The normalized spacial score (nSPS) is 12.7. The second-order valence-corrected chi connectivity index (χ2v) is 6.57. The molecular formula is C14H17BrN2OS. The van der Waals surface area contributed by atoms with Gasteiger partial charge in [-0.2, -0.15) is 0 Å². The molecule has 0 spiro atoms. The van der Waals surface area contributed by atoms with Crippen LogP contribution in [0, 0.1) is 13.8 Å². The molecule has 0 fully saturated rings. The van der Waals surface area contributed by atoms with E-state index in [2.05, 4.69) is 33.0 Å². The van der Waals surface area contributed by atoms with E-state index in [4.69, 9.17) is 10.2 Å². The molecule has 0 aliphatic carbocycles. The number of benzene rings is 1. The lowest BCUT2D eigenvalue weighted by molar-refractivity contribution is 0.431. The molecule has 0 radical (unpaired) electrons. The van der Waals surface area contributed by atoms with Gasteiger partial charge in [0.1, 0.15) is 5.76 Å². The van der Waals surface area contributed by atoms with Gasteiger partial charge in [0.2, 0.25) is 0 Å². The Morgan fingerprint density at radius 2 is 2.16 bits per heavy atom. The van der Waals surface area contributed by atoms with Crippen LogP contribution in [0.25, 0.3) is 0 Å². The summed E-state index contributed by atoms with van der Waals surface area (Å²) in [5.41, 5.74) is 8.05. The van der Waals surface area contributed by atoms with Gasteiger partial charge in [-0.3, -0.25) is 0 Å². The number of hydrogen-bond donors (Lipinski definition) is 1. The second-order valence-electron chi connectivity index (χ2n) is 4.66. The van der Waals surface area contributed by atoms with E-state index in [-0.39, 0.29) is 6.04 Å². The molecule has 5 heteroatoms. The van der Waals surface area contributed by atoms with Crippen molar-refractivity contribution in [2.24, 2.45) is 5.73 Å². The van der Waals surface area contributed by atoms with Gasteiger partial charge in [0.15, 0.2) is 0 Å². The van der Waals surface area contributed by atoms with Crippen molar-refractivity contribution in [3.63, 3.8) is 0 Å². The Morgan fingerprint density at radius 1 is 1.42 bits per heavy atom. The summed E-state index contributed by atoms with van der Waals surface area (Å²) in [6, 6.07) is 6.34. The molecular weight excluding hydrogens is 324 g/mol. The van der Waals surface area contributed by atoms with Crippen molar-refractivity contribution >= 4 is 27.7 Å². The van der Waals surface area contributed by atoms with E-state index in [1.807, 2.05) is 26.8 Å². The summed E-state index contributed by atoms with van der Waals surface area (Å²) in [6.45, 7) is 5.89. The largest absolute Gasteiger partial charge is 0.436 e. The summed E-state index contributed by atoms with van der Waals surface area (Å²) < 4.78 is 6.67.